The number of ether oxygens (including phenoxy) is 1. The maximum Gasteiger partial charge on any atom is 0.322 e. The molecule has 3 aliphatic rings. The quantitative estimate of drug-likeness (QED) is 0.870. The lowest BCUT2D eigenvalue weighted by atomic mass is 10.1. The fourth-order valence-corrected chi connectivity index (χ4v) is 3.44. The number of hydrogen-bond donors (Lipinski definition) is 1. The number of rotatable bonds is 6. The van der Waals surface area contributed by atoms with Crippen molar-refractivity contribution in [3.05, 3.63) is 12.4 Å². The molecule has 1 aliphatic heterocycles. The first-order chi connectivity index (χ1) is 11.7. The van der Waals surface area contributed by atoms with Crippen LogP contribution in [0.2, 0.25) is 0 Å². The summed E-state index contributed by atoms with van der Waals surface area (Å²) in [7, 11) is 0. The summed E-state index contributed by atoms with van der Waals surface area (Å²) < 4.78 is 7.95. The monoisotopic (exact) mass is 332 g/mol. The van der Waals surface area contributed by atoms with Crippen molar-refractivity contribution in [2.75, 3.05) is 25.0 Å². The third kappa shape index (κ3) is 3.91. The Morgan fingerprint density at radius 3 is 2.96 bits per heavy atom. The Bertz CT molecular complexity index is 579. The van der Waals surface area contributed by atoms with Crippen molar-refractivity contribution < 1.29 is 9.53 Å². The third-order valence-corrected chi connectivity index (χ3v) is 5.50. The molecule has 2 saturated carbocycles. The van der Waals surface area contributed by atoms with Crippen LogP contribution in [0.1, 0.15) is 51.5 Å². The Balaban J connectivity index is 1.28. The standard InChI is InChI=1S/C18H28N4O2/c1-13(15-6-7-15)22-10-16(9-19-22)20-18(23)21-8-2-3-17(11-21)24-12-14-4-5-14/h9-10,13-15,17H,2-8,11-12H2,1H3,(H,20,23)/t13-,17+/m1/s1. The number of urea groups is 1. The van der Waals surface area contributed by atoms with Gasteiger partial charge in [0, 0.05) is 25.9 Å². The van der Waals surface area contributed by atoms with E-state index in [0.29, 0.717) is 12.6 Å². The van der Waals surface area contributed by atoms with Gasteiger partial charge in [-0.05, 0) is 57.3 Å². The SMILES string of the molecule is C[C@H](C1CC1)n1cc(NC(=O)N2CCC[C@H](OCC3CC3)C2)cn1. The predicted octanol–water partition coefficient (Wildman–Crippen LogP) is 3.28. The van der Waals surface area contributed by atoms with Gasteiger partial charge in [0.2, 0.25) is 0 Å². The third-order valence-electron chi connectivity index (χ3n) is 5.50. The fourth-order valence-electron chi connectivity index (χ4n) is 3.44. The maximum atomic E-state index is 12.5. The van der Waals surface area contributed by atoms with Gasteiger partial charge in [-0.1, -0.05) is 0 Å². The van der Waals surface area contributed by atoms with Crippen LogP contribution in [-0.4, -0.2) is 46.5 Å². The van der Waals surface area contributed by atoms with E-state index in [1.165, 1.54) is 25.7 Å². The zero-order valence-electron chi connectivity index (χ0n) is 14.5. The van der Waals surface area contributed by atoms with Crippen molar-refractivity contribution in [2.45, 2.75) is 57.6 Å². The first-order valence-electron chi connectivity index (χ1n) is 9.40. The second kappa shape index (κ2) is 6.75. The minimum atomic E-state index is -0.0339. The second-order valence-electron chi connectivity index (χ2n) is 7.70. The molecular weight excluding hydrogens is 304 g/mol. The summed E-state index contributed by atoms with van der Waals surface area (Å²) in [6.07, 6.45) is 11.2. The molecule has 24 heavy (non-hydrogen) atoms. The Labute approximate surface area is 143 Å². The van der Waals surface area contributed by atoms with Crippen LogP contribution in [0.5, 0.6) is 0 Å². The number of carbonyl (C=O) groups is 1. The predicted molar refractivity (Wildman–Crippen MR) is 92.0 cm³/mol. The molecule has 0 radical (unpaired) electrons. The zero-order chi connectivity index (χ0) is 16.5. The van der Waals surface area contributed by atoms with Gasteiger partial charge in [-0.15, -0.1) is 0 Å². The molecule has 132 valence electrons. The van der Waals surface area contributed by atoms with Gasteiger partial charge >= 0.3 is 6.03 Å². The average molecular weight is 332 g/mol. The molecule has 2 atom stereocenters. The van der Waals surface area contributed by atoms with Crippen molar-refractivity contribution >= 4 is 11.7 Å². The zero-order valence-corrected chi connectivity index (χ0v) is 14.5. The molecular formula is C18H28N4O2. The smallest absolute Gasteiger partial charge is 0.322 e. The van der Waals surface area contributed by atoms with Crippen LogP contribution in [0.3, 0.4) is 0 Å². The number of nitrogens with one attached hydrogen (secondary N) is 1. The molecule has 0 spiro atoms. The fraction of sp³-hybridized carbons (Fsp3) is 0.778. The lowest BCUT2D eigenvalue weighted by molar-refractivity contribution is 0.00597. The highest BCUT2D eigenvalue weighted by molar-refractivity contribution is 5.89. The van der Waals surface area contributed by atoms with E-state index in [9.17, 15) is 4.79 Å². The molecule has 1 saturated heterocycles. The van der Waals surface area contributed by atoms with Crippen LogP contribution in [0.15, 0.2) is 12.4 Å². The summed E-state index contributed by atoms with van der Waals surface area (Å²) >= 11 is 0. The first-order valence-corrected chi connectivity index (χ1v) is 9.40. The molecule has 6 heteroatoms. The highest BCUT2D eigenvalue weighted by Crippen LogP contribution is 2.39. The van der Waals surface area contributed by atoms with E-state index in [0.717, 1.165) is 43.5 Å². The maximum absolute atomic E-state index is 12.5. The van der Waals surface area contributed by atoms with Gasteiger partial charge in [0.05, 0.1) is 24.0 Å². The van der Waals surface area contributed by atoms with Gasteiger partial charge in [0.25, 0.3) is 0 Å². The molecule has 1 aromatic heterocycles. The molecule has 6 nitrogen and oxygen atoms in total. The Hall–Kier alpha value is -1.56. The van der Waals surface area contributed by atoms with Crippen molar-refractivity contribution in [3.8, 4) is 0 Å². The van der Waals surface area contributed by atoms with E-state index in [1.807, 2.05) is 15.8 Å². The van der Waals surface area contributed by atoms with E-state index >= 15 is 0 Å². The van der Waals surface area contributed by atoms with E-state index < -0.39 is 0 Å². The van der Waals surface area contributed by atoms with Crippen molar-refractivity contribution in [1.29, 1.82) is 0 Å². The van der Waals surface area contributed by atoms with Gasteiger partial charge in [-0.3, -0.25) is 4.68 Å². The topological polar surface area (TPSA) is 59.4 Å². The lowest BCUT2D eigenvalue weighted by Crippen LogP contribution is -2.45. The average Bonchev–Trinajstić information content (AvgIpc) is 3.51. The summed E-state index contributed by atoms with van der Waals surface area (Å²) in [6, 6.07) is 0.388. The highest BCUT2D eigenvalue weighted by atomic mass is 16.5. The minimum absolute atomic E-state index is 0.0339. The van der Waals surface area contributed by atoms with Gasteiger partial charge in [0.1, 0.15) is 0 Å². The number of carbonyl (C=O) groups excluding carboxylic acids is 1. The Morgan fingerprint density at radius 1 is 1.38 bits per heavy atom. The van der Waals surface area contributed by atoms with E-state index in [1.54, 1.807) is 6.20 Å². The van der Waals surface area contributed by atoms with Crippen molar-refractivity contribution in [3.63, 3.8) is 0 Å². The molecule has 3 fully saturated rings. The molecule has 2 heterocycles. The number of amides is 2. The van der Waals surface area contributed by atoms with Crippen LogP contribution >= 0.6 is 0 Å². The number of aromatic nitrogens is 2. The van der Waals surface area contributed by atoms with Gasteiger partial charge in [0.15, 0.2) is 0 Å². The summed E-state index contributed by atoms with van der Waals surface area (Å²) in [5, 5.41) is 7.40. The molecule has 1 aromatic rings. The van der Waals surface area contributed by atoms with E-state index in [-0.39, 0.29) is 12.1 Å². The van der Waals surface area contributed by atoms with Crippen LogP contribution in [0.4, 0.5) is 10.5 Å². The Kier molecular flexibility index (Phi) is 4.48. The van der Waals surface area contributed by atoms with Crippen LogP contribution < -0.4 is 5.32 Å². The van der Waals surface area contributed by atoms with Gasteiger partial charge in [-0.25, -0.2) is 4.79 Å². The molecule has 0 unspecified atom stereocenters. The molecule has 0 aromatic carbocycles. The van der Waals surface area contributed by atoms with Crippen molar-refractivity contribution in [2.24, 2.45) is 11.8 Å². The largest absolute Gasteiger partial charge is 0.376 e. The number of nitrogens with zero attached hydrogens (tertiary/aromatic N) is 3. The normalized spacial score (nSPS) is 25.5. The number of anilines is 1. The summed E-state index contributed by atoms with van der Waals surface area (Å²) in [5.41, 5.74) is 0.786. The van der Waals surface area contributed by atoms with E-state index in [4.69, 9.17) is 4.74 Å². The summed E-state index contributed by atoms with van der Waals surface area (Å²) in [6.45, 7) is 4.57. The number of hydrogen-bond acceptors (Lipinski definition) is 3. The lowest BCUT2D eigenvalue weighted by Gasteiger charge is -2.32. The summed E-state index contributed by atoms with van der Waals surface area (Å²) in [5.74, 6) is 1.52. The first kappa shape index (κ1) is 15.9. The molecule has 1 N–H and O–H groups in total. The van der Waals surface area contributed by atoms with Gasteiger partial charge < -0.3 is 15.0 Å². The van der Waals surface area contributed by atoms with Crippen LogP contribution in [-0.2, 0) is 4.74 Å². The number of piperidine rings is 1. The Morgan fingerprint density at radius 2 is 2.21 bits per heavy atom. The highest BCUT2D eigenvalue weighted by Gasteiger charge is 2.30. The minimum Gasteiger partial charge on any atom is -0.376 e. The van der Waals surface area contributed by atoms with Crippen LogP contribution in [0.25, 0.3) is 0 Å². The summed E-state index contributed by atoms with van der Waals surface area (Å²) in [4.78, 5) is 14.4. The second-order valence-corrected chi connectivity index (χ2v) is 7.70. The molecule has 2 aliphatic carbocycles. The molecule has 2 amide bonds. The van der Waals surface area contributed by atoms with E-state index in [2.05, 4.69) is 17.3 Å². The van der Waals surface area contributed by atoms with Crippen molar-refractivity contribution in [1.82, 2.24) is 14.7 Å². The van der Waals surface area contributed by atoms with Gasteiger partial charge in [-0.2, -0.15) is 5.10 Å². The number of likely N-dealkylation sites (tertiary alicyclic amines) is 1. The molecule has 0 bridgehead atoms. The van der Waals surface area contributed by atoms with Crippen LogP contribution in [0, 0.1) is 11.8 Å². The molecule has 4 rings (SSSR count).